The quantitative estimate of drug-likeness (QED) is 0.865. The summed E-state index contributed by atoms with van der Waals surface area (Å²) in [7, 11) is 0. The molecule has 18 heavy (non-hydrogen) atoms. The average Bonchev–Trinajstić information content (AvgIpc) is 2.96. The Bertz CT molecular complexity index is 393. The third-order valence-corrected chi connectivity index (χ3v) is 3.50. The number of carbonyl (C=O) groups is 1. The van der Waals surface area contributed by atoms with Crippen molar-refractivity contribution in [3.05, 3.63) is 18.0 Å². The van der Waals surface area contributed by atoms with Crippen LogP contribution in [-0.4, -0.2) is 28.3 Å². The highest BCUT2D eigenvalue weighted by Gasteiger charge is 2.27. The van der Waals surface area contributed by atoms with Crippen molar-refractivity contribution in [1.29, 1.82) is 0 Å². The number of hydrogen-bond acceptors (Lipinski definition) is 3. The minimum absolute atomic E-state index is 0. The first-order chi connectivity index (χ1) is 8.24. The molecule has 1 aliphatic rings. The smallest absolute Gasteiger partial charge is 0.254 e. The fourth-order valence-corrected chi connectivity index (χ4v) is 2.41. The molecule has 0 radical (unpaired) electrons. The Kier molecular flexibility index (Phi) is 5.62. The minimum atomic E-state index is -0.0324. The Balaban J connectivity index is 0.00000162. The van der Waals surface area contributed by atoms with Gasteiger partial charge in [0, 0.05) is 18.8 Å². The highest BCUT2D eigenvalue weighted by molar-refractivity contribution is 5.93. The van der Waals surface area contributed by atoms with E-state index in [1.54, 1.807) is 17.1 Å². The van der Waals surface area contributed by atoms with Crippen LogP contribution in [0.3, 0.4) is 0 Å². The molecular weight excluding hydrogens is 252 g/mol. The molecule has 1 fully saturated rings. The lowest BCUT2D eigenvalue weighted by Crippen LogP contribution is -2.39. The Morgan fingerprint density at radius 3 is 3.00 bits per heavy atom. The lowest BCUT2D eigenvalue weighted by atomic mass is 10.0. The summed E-state index contributed by atoms with van der Waals surface area (Å²) >= 11 is 0. The maximum absolute atomic E-state index is 12.0. The number of rotatable bonds is 4. The summed E-state index contributed by atoms with van der Waals surface area (Å²) in [6.07, 6.45) is 6.71. The predicted molar refractivity (Wildman–Crippen MR) is 72.8 cm³/mol. The van der Waals surface area contributed by atoms with Crippen molar-refractivity contribution in [3.8, 4) is 0 Å². The van der Waals surface area contributed by atoms with Crippen molar-refractivity contribution in [2.45, 2.75) is 38.8 Å². The van der Waals surface area contributed by atoms with Crippen LogP contribution < -0.4 is 11.1 Å². The molecule has 0 bridgehead atoms. The zero-order valence-corrected chi connectivity index (χ0v) is 11.4. The van der Waals surface area contributed by atoms with E-state index in [4.69, 9.17) is 5.73 Å². The number of nitrogens with one attached hydrogen (secondary N) is 1. The van der Waals surface area contributed by atoms with Gasteiger partial charge in [0.1, 0.15) is 0 Å². The summed E-state index contributed by atoms with van der Waals surface area (Å²) in [4.78, 5) is 12.0. The lowest BCUT2D eigenvalue weighted by molar-refractivity contribution is 0.0928. The molecule has 1 aromatic heterocycles. The highest BCUT2D eigenvalue weighted by atomic mass is 35.5. The number of aromatic nitrogens is 2. The number of amides is 1. The van der Waals surface area contributed by atoms with E-state index < -0.39 is 0 Å². The van der Waals surface area contributed by atoms with E-state index in [-0.39, 0.29) is 24.4 Å². The van der Waals surface area contributed by atoms with Gasteiger partial charge in [-0.2, -0.15) is 5.10 Å². The van der Waals surface area contributed by atoms with Gasteiger partial charge in [-0.15, -0.1) is 12.4 Å². The molecule has 3 N–H and O–H groups in total. The molecule has 0 spiro atoms. The molecule has 1 aliphatic carbocycles. The first kappa shape index (κ1) is 15.0. The van der Waals surface area contributed by atoms with Crippen LogP contribution in [0.4, 0.5) is 0 Å². The Morgan fingerprint density at radius 2 is 2.39 bits per heavy atom. The van der Waals surface area contributed by atoms with Crippen LogP contribution in [-0.2, 0) is 6.54 Å². The van der Waals surface area contributed by atoms with Crippen molar-refractivity contribution >= 4 is 18.3 Å². The Morgan fingerprint density at radius 1 is 1.61 bits per heavy atom. The van der Waals surface area contributed by atoms with Crippen molar-refractivity contribution in [2.75, 3.05) is 6.54 Å². The van der Waals surface area contributed by atoms with Gasteiger partial charge in [-0.25, -0.2) is 0 Å². The monoisotopic (exact) mass is 272 g/mol. The van der Waals surface area contributed by atoms with Gasteiger partial charge in [-0.3, -0.25) is 9.48 Å². The molecule has 5 nitrogen and oxygen atoms in total. The summed E-state index contributed by atoms with van der Waals surface area (Å²) in [6.45, 7) is 3.43. The zero-order valence-electron chi connectivity index (χ0n) is 10.6. The van der Waals surface area contributed by atoms with Crippen LogP contribution in [0.15, 0.2) is 12.4 Å². The molecule has 1 aromatic rings. The summed E-state index contributed by atoms with van der Waals surface area (Å²) in [5, 5.41) is 7.16. The first-order valence-electron chi connectivity index (χ1n) is 6.28. The van der Waals surface area contributed by atoms with Crippen LogP contribution >= 0.6 is 12.4 Å². The number of halogens is 1. The van der Waals surface area contributed by atoms with Crippen LogP contribution in [0.25, 0.3) is 0 Å². The van der Waals surface area contributed by atoms with Gasteiger partial charge in [0.05, 0.1) is 11.8 Å². The number of nitrogens with two attached hydrogens (primary N) is 1. The molecule has 6 heteroatoms. The molecule has 1 amide bonds. The molecule has 1 heterocycles. The molecule has 1 saturated carbocycles. The normalized spacial score (nSPS) is 22.6. The minimum Gasteiger partial charge on any atom is -0.349 e. The van der Waals surface area contributed by atoms with Gasteiger partial charge in [0.25, 0.3) is 5.91 Å². The van der Waals surface area contributed by atoms with Crippen LogP contribution in [0.1, 0.15) is 36.5 Å². The number of hydrogen-bond donors (Lipinski definition) is 2. The van der Waals surface area contributed by atoms with E-state index in [1.165, 1.54) is 0 Å². The Hall–Kier alpha value is -1.07. The number of nitrogens with zero attached hydrogens (tertiary/aromatic N) is 2. The van der Waals surface area contributed by atoms with Gasteiger partial charge < -0.3 is 11.1 Å². The zero-order chi connectivity index (χ0) is 12.3. The largest absolute Gasteiger partial charge is 0.349 e. The second-order valence-corrected chi connectivity index (χ2v) is 4.59. The molecule has 102 valence electrons. The fourth-order valence-electron chi connectivity index (χ4n) is 2.41. The van der Waals surface area contributed by atoms with E-state index in [9.17, 15) is 4.79 Å². The highest BCUT2D eigenvalue weighted by Crippen LogP contribution is 2.24. The van der Waals surface area contributed by atoms with E-state index in [0.29, 0.717) is 18.0 Å². The average molecular weight is 273 g/mol. The van der Waals surface area contributed by atoms with Gasteiger partial charge in [-0.05, 0) is 32.2 Å². The summed E-state index contributed by atoms with van der Waals surface area (Å²) in [5.74, 6) is 0.398. The molecule has 0 saturated heterocycles. The van der Waals surface area contributed by atoms with Crippen LogP contribution in [0.5, 0.6) is 0 Å². The lowest BCUT2D eigenvalue weighted by Gasteiger charge is -2.18. The third kappa shape index (κ3) is 3.23. The summed E-state index contributed by atoms with van der Waals surface area (Å²) < 4.78 is 1.75. The molecule has 2 atom stereocenters. The van der Waals surface area contributed by atoms with Crippen molar-refractivity contribution in [1.82, 2.24) is 15.1 Å². The van der Waals surface area contributed by atoms with E-state index in [2.05, 4.69) is 10.4 Å². The van der Waals surface area contributed by atoms with Crippen LogP contribution in [0.2, 0.25) is 0 Å². The Labute approximate surface area is 114 Å². The molecule has 2 rings (SSSR count). The molecular formula is C12H21ClN4O. The topological polar surface area (TPSA) is 72.9 Å². The van der Waals surface area contributed by atoms with Gasteiger partial charge in [-0.1, -0.05) is 6.42 Å². The maximum Gasteiger partial charge on any atom is 0.254 e. The molecule has 0 aromatic carbocycles. The third-order valence-electron chi connectivity index (χ3n) is 3.50. The number of carbonyl (C=O) groups excluding carboxylic acids is 1. The second-order valence-electron chi connectivity index (χ2n) is 4.59. The van der Waals surface area contributed by atoms with Gasteiger partial charge >= 0.3 is 0 Å². The van der Waals surface area contributed by atoms with E-state index in [1.807, 2.05) is 6.92 Å². The van der Waals surface area contributed by atoms with Crippen molar-refractivity contribution < 1.29 is 4.79 Å². The predicted octanol–water partition coefficient (Wildman–Crippen LogP) is 1.18. The van der Waals surface area contributed by atoms with Crippen molar-refractivity contribution in [3.63, 3.8) is 0 Å². The molecule has 2 unspecified atom stereocenters. The SMILES string of the molecule is CCn1cc(C(=O)NC2CCCC2CN)cn1.Cl. The van der Waals surface area contributed by atoms with E-state index >= 15 is 0 Å². The summed E-state index contributed by atoms with van der Waals surface area (Å²) in [6, 6.07) is 0.234. The first-order valence-corrected chi connectivity index (χ1v) is 6.28. The summed E-state index contributed by atoms with van der Waals surface area (Å²) in [5.41, 5.74) is 6.33. The van der Waals surface area contributed by atoms with Crippen LogP contribution in [0, 0.1) is 5.92 Å². The number of aryl methyl sites for hydroxylation is 1. The standard InChI is InChI=1S/C12H20N4O.ClH/c1-2-16-8-10(7-14-16)12(17)15-11-5-3-4-9(11)6-13;/h7-9,11H,2-6,13H2,1H3,(H,15,17);1H. The van der Waals surface area contributed by atoms with Crippen molar-refractivity contribution in [2.24, 2.45) is 11.7 Å². The maximum atomic E-state index is 12.0. The molecule has 0 aliphatic heterocycles. The van der Waals surface area contributed by atoms with Gasteiger partial charge in [0.2, 0.25) is 0 Å². The second kappa shape index (κ2) is 6.75. The fraction of sp³-hybridized carbons (Fsp3) is 0.667. The van der Waals surface area contributed by atoms with Gasteiger partial charge in [0.15, 0.2) is 0 Å². The van der Waals surface area contributed by atoms with E-state index in [0.717, 1.165) is 25.8 Å².